The third kappa shape index (κ3) is 6.91. The van der Waals surface area contributed by atoms with Crippen molar-refractivity contribution in [1.29, 1.82) is 0 Å². The summed E-state index contributed by atoms with van der Waals surface area (Å²) in [5.41, 5.74) is 1.00. The zero-order chi connectivity index (χ0) is 16.2. The van der Waals surface area contributed by atoms with E-state index in [4.69, 9.17) is 9.47 Å². The van der Waals surface area contributed by atoms with Crippen molar-refractivity contribution in [3.8, 4) is 0 Å². The predicted molar refractivity (Wildman–Crippen MR) is 87.9 cm³/mol. The van der Waals surface area contributed by atoms with Crippen molar-refractivity contribution in [2.45, 2.75) is 20.5 Å². The van der Waals surface area contributed by atoms with Gasteiger partial charge in [0.15, 0.2) is 0 Å². The van der Waals surface area contributed by atoms with Gasteiger partial charge in [0.25, 0.3) is 0 Å². The lowest BCUT2D eigenvalue weighted by Crippen LogP contribution is -2.39. The van der Waals surface area contributed by atoms with E-state index >= 15 is 0 Å². The van der Waals surface area contributed by atoms with Crippen LogP contribution in [0.4, 0.5) is 4.79 Å². The summed E-state index contributed by atoms with van der Waals surface area (Å²) in [4.78, 5) is 16.1. The van der Waals surface area contributed by atoms with Gasteiger partial charge in [0.05, 0.1) is 6.61 Å². The summed E-state index contributed by atoms with van der Waals surface area (Å²) in [6.07, 6.45) is -0.255. The van der Waals surface area contributed by atoms with Gasteiger partial charge in [0.1, 0.15) is 6.61 Å². The molecule has 1 aromatic carbocycles. The average Bonchev–Trinajstić information content (AvgIpc) is 2.57. The smallest absolute Gasteiger partial charge is 0.410 e. The lowest BCUT2D eigenvalue weighted by molar-refractivity contribution is 0.0904. The highest BCUT2D eigenvalue weighted by Crippen LogP contribution is 2.03. The number of nitrogens with zero attached hydrogens (tertiary/aromatic N) is 2. The number of hydrogen-bond acceptors (Lipinski definition) is 4. The van der Waals surface area contributed by atoms with Crippen LogP contribution in [0.3, 0.4) is 0 Å². The van der Waals surface area contributed by atoms with Crippen LogP contribution in [0.5, 0.6) is 0 Å². The van der Waals surface area contributed by atoms with E-state index in [-0.39, 0.29) is 6.09 Å². The van der Waals surface area contributed by atoms with Crippen LogP contribution in [-0.4, -0.2) is 62.3 Å². The van der Waals surface area contributed by atoms with Gasteiger partial charge >= 0.3 is 6.09 Å². The van der Waals surface area contributed by atoms with E-state index in [0.717, 1.165) is 25.2 Å². The number of ether oxygens (including phenoxy) is 2. The van der Waals surface area contributed by atoms with Crippen LogP contribution in [0.25, 0.3) is 0 Å². The molecule has 22 heavy (non-hydrogen) atoms. The SMILES string of the molecule is CCN(CCOC)CCN(CC)C(=O)OCc1ccccc1. The molecule has 0 radical (unpaired) electrons. The maximum atomic E-state index is 12.1. The molecule has 5 heteroatoms. The first kappa shape index (κ1) is 18.5. The second-order valence-corrected chi connectivity index (χ2v) is 5.05. The van der Waals surface area contributed by atoms with E-state index < -0.39 is 0 Å². The molecular formula is C17H28N2O3. The zero-order valence-electron chi connectivity index (χ0n) is 14.0. The molecule has 1 aromatic rings. The highest BCUT2D eigenvalue weighted by molar-refractivity contribution is 5.67. The highest BCUT2D eigenvalue weighted by atomic mass is 16.6. The molecule has 0 aromatic heterocycles. The Morgan fingerprint density at radius 3 is 2.36 bits per heavy atom. The zero-order valence-corrected chi connectivity index (χ0v) is 14.0. The summed E-state index contributed by atoms with van der Waals surface area (Å²) >= 11 is 0. The fourth-order valence-electron chi connectivity index (χ4n) is 2.10. The number of carbonyl (C=O) groups is 1. The predicted octanol–water partition coefficient (Wildman–Crippen LogP) is 2.61. The molecule has 5 nitrogen and oxygen atoms in total. The number of benzene rings is 1. The molecule has 1 amide bonds. The van der Waals surface area contributed by atoms with Gasteiger partial charge in [0, 0.05) is 33.3 Å². The molecule has 0 saturated carbocycles. The maximum absolute atomic E-state index is 12.1. The van der Waals surface area contributed by atoms with Crippen LogP contribution in [0.1, 0.15) is 19.4 Å². The van der Waals surface area contributed by atoms with E-state index in [0.29, 0.717) is 26.3 Å². The number of hydrogen-bond donors (Lipinski definition) is 0. The summed E-state index contributed by atoms with van der Waals surface area (Å²) < 4.78 is 10.5. The molecule has 0 bridgehead atoms. The van der Waals surface area contributed by atoms with Gasteiger partial charge in [-0.3, -0.25) is 4.90 Å². The lowest BCUT2D eigenvalue weighted by atomic mass is 10.2. The van der Waals surface area contributed by atoms with Gasteiger partial charge in [0.2, 0.25) is 0 Å². The molecule has 124 valence electrons. The Morgan fingerprint density at radius 2 is 1.77 bits per heavy atom. The van der Waals surface area contributed by atoms with Gasteiger partial charge in [-0.2, -0.15) is 0 Å². The number of rotatable bonds is 10. The summed E-state index contributed by atoms with van der Waals surface area (Å²) in [5.74, 6) is 0. The molecule has 0 aliphatic rings. The first-order valence-corrected chi connectivity index (χ1v) is 7.88. The summed E-state index contributed by atoms with van der Waals surface area (Å²) in [6.45, 7) is 9.07. The van der Waals surface area contributed by atoms with Crippen LogP contribution < -0.4 is 0 Å². The molecule has 0 atom stereocenters. The van der Waals surface area contributed by atoms with E-state index in [1.165, 1.54) is 0 Å². The van der Waals surface area contributed by atoms with Gasteiger partial charge in [-0.1, -0.05) is 37.3 Å². The molecule has 0 heterocycles. The van der Waals surface area contributed by atoms with Crippen LogP contribution in [-0.2, 0) is 16.1 Å². The minimum Gasteiger partial charge on any atom is -0.445 e. The average molecular weight is 308 g/mol. The number of carbonyl (C=O) groups excluding carboxylic acids is 1. The maximum Gasteiger partial charge on any atom is 0.410 e. The quantitative estimate of drug-likeness (QED) is 0.666. The Kier molecular flexibility index (Phi) is 9.26. The Bertz CT molecular complexity index is 412. The van der Waals surface area contributed by atoms with E-state index in [2.05, 4.69) is 11.8 Å². The fourth-order valence-corrected chi connectivity index (χ4v) is 2.10. The largest absolute Gasteiger partial charge is 0.445 e. The second kappa shape index (κ2) is 11.0. The van der Waals surface area contributed by atoms with E-state index in [9.17, 15) is 4.79 Å². The third-order valence-corrected chi connectivity index (χ3v) is 3.59. The topological polar surface area (TPSA) is 42.0 Å². The number of methoxy groups -OCH3 is 1. The standard InChI is InChI=1S/C17H28N2O3/c1-4-18(13-14-21-3)11-12-19(5-2)17(20)22-15-16-9-7-6-8-10-16/h6-10H,4-5,11-15H2,1-3H3. The van der Waals surface area contributed by atoms with Crippen LogP contribution in [0.15, 0.2) is 30.3 Å². The van der Waals surface area contributed by atoms with Crippen LogP contribution >= 0.6 is 0 Å². The monoisotopic (exact) mass is 308 g/mol. The molecular weight excluding hydrogens is 280 g/mol. The van der Waals surface area contributed by atoms with E-state index in [1.807, 2.05) is 37.3 Å². The second-order valence-electron chi connectivity index (χ2n) is 5.05. The van der Waals surface area contributed by atoms with Crippen molar-refractivity contribution in [2.24, 2.45) is 0 Å². The number of amides is 1. The molecule has 0 aliphatic carbocycles. The summed E-state index contributed by atoms with van der Waals surface area (Å²) in [6, 6.07) is 9.73. The minimum absolute atomic E-state index is 0.255. The third-order valence-electron chi connectivity index (χ3n) is 3.59. The molecule has 0 spiro atoms. The Balaban J connectivity index is 2.37. The van der Waals surface area contributed by atoms with Gasteiger partial charge in [-0.05, 0) is 19.0 Å². The summed E-state index contributed by atoms with van der Waals surface area (Å²) in [7, 11) is 1.70. The Hall–Kier alpha value is -1.59. The summed E-state index contributed by atoms with van der Waals surface area (Å²) in [5, 5.41) is 0. The Morgan fingerprint density at radius 1 is 1.05 bits per heavy atom. The van der Waals surface area contributed by atoms with Crippen molar-refractivity contribution in [1.82, 2.24) is 9.80 Å². The van der Waals surface area contributed by atoms with Gasteiger partial charge < -0.3 is 14.4 Å². The molecule has 0 aliphatic heterocycles. The molecule has 0 fully saturated rings. The molecule has 0 saturated heterocycles. The molecule has 0 unspecified atom stereocenters. The number of likely N-dealkylation sites (N-methyl/N-ethyl adjacent to an activating group) is 2. The lowest BCUT2D eigenvalue weighted by Gasteiger charge is -2.25. The fraction of sp³-hybridized carbons (Fsp3) is 0.588. The van der Waals surface area contributed by atoms with Crippen molar-refractivity contribution in [3.63, 3.8) is 0 Å². The van der Waals surface area contributed by atoms with Crippen molar-refractivity contribution >= 4 is 6.09 Å². The normalized spacial score (nSPS) is 10.7. The first-order chi connectivity index (χ1) is 10.7. The first-order valence-electron chi connectivity index (χ1n) is 7.88. The molecule has 0 N–H and O–H groups in total. The van der Waals surface area contributed by atoms with E-state index in [1.54, 1.807) is 12.0 Å². The Labute approximate surface area is 133 Å². The van der Waals surface area contributed by atoms with Crippen LogP contribution in [0, 0.1) is 0 Å². The molecule has 1 rings (SSSR count). The van der Waals surface area contributed by atoms with Crippen molar-refractivity contribution < 1.29 is 14.3 Å². The van der Waals surface area contributed by atoms with Crippen molar-refractivity contribution in [3.05, 3.63) is 35.9 Å². The van der Waals surface area contributed by atoms with Crippen molar-refractivity contribution in [2.75, 3.05) is 46.4 Å². The van der Waals surface area contributed by atoms with Gasteiger partial charge in [-0.25, -0.2) is 4.79 Å². The van der Waals surface area contributed by atoms with Gasteiger partial charge in [-0.15, -0.1) is 0 Å². The minimum atomic E-state index is -0.255. The highest BCUT2D eigenvalue weighted by Gasteiger charge is 2.14. The van der Waals surface area contributed by atoms with Crippen LogP contribution in [0.2, 0.25) is 0 Å².